The van der Waals surface area contributed by atoms with Gasteiger partial charge in [-0.1, -0.05) is 6.42 Å². The molecule has 4 heteroatoms. The molecule has 23 heavy (non-hydrogen) atoms. The van der Waals surface area contributed by atoms with Crippen LogP contribution in [-0.4, -0.2) is 60.7 Å². The monoisotopic (exact) mass is 317 g/mol. The molecule has 2 heterocycles. The van der Waals surface area contributed by atoms with Gasteiger partial charge in [0, 0.05) is 45.2 Å². The standard InChI is InChI=1S/C19H31N3O/c1-23-14-13-21-11-7-18(8-12-21)16-22(19-3-2-4-19)15-17-5-9-20-10-6-17/h5-6,9-10,18-19H,2-4,7-8,11-16H2,1H3. The SMILES string of the molecule is COCCN1CCC(CN(Cc2ccncc2)C2CCC2)CC1. The summed E-state index contributed by atoms with van der Waals surface area (Å²) >= 11 is 0. The molecule has 0 unspecified atom stereocenters. The summed E-state index contributed by atoms with van der Waals surface area (Å²) in [6.45, 7) is 6.79. The van der Waals surface area contributed by atoms with Crippen molar-refractivity contribution in [3.63, 3.8) is 0 Å². The van der Waals surface area contributed by atoms with Crippen LogP contribution in [0.5, 0.6) is 0 Å². The zero-order valence-electron chi connectivity index (χ0n) is 14.5. The molecule has 2 aliphatic rings. The second-order valence-electron chi connectivity index (χ2n) is 7.15. The fourth-order valence-corrected chi connectivity index (χ4v) is 3.76. The van der Waals surface area contributed by atoms with Gasteiger partial charge in [0.1, 0.15) is 0 Å². The molecule has 3 rings (SSSR count). The first-order chi connectivity index (χ1) is 11.3. The molecule has 0 amide bonds. The third kappa shape index (κ3) is 5.00. The molecule has 1 aliphatic carbocycles. The van der Waals surface area contributed by atoms with Crippen molar-refractivity contribution in [3.05, 3.63) is 30.1 Å². The maximum Gasteiger partial charge on any atom is 0.0589 e. The van der Waals surface area contributed by atoms with E-state index in [2.05, 4.69) is 26.9 Å². The van der Waals surface area contributed by atoms with Crippen molar-refractivity contribution in [1.82, 2.24) is 14.8 Å². The molecule has 4 nitrogen and oxygen atoms in total. The highest BCUT2D eigenvalue weighted by Crippen LogP contribution is 2.29. The molecule has 1 aromatic heterocycles. The lowest BCUT2D eigenvalue weighted by molar-refractivity contribution is 0.0689. The van der Waals surface area contributed by atoms with Crippen LogP contribution in [0.25, 0.3) is 0 Å². The van der Waals surface area contributed by atoms with E-state index in [0.29, 0.717) is 0 Å². The first kappa shape index (κ1) is 16.9. The Labute approximate surface area is 140 Å². The number of hydrogen-bond donors (Lipinski definition) is 0. The number of rotatable bonds is 8. The van der Waals surface area contributed by atoms with Crippen molar-refractivity contribution >= 4 is 0 Å². The number of aromatic nitrogens is 1. The molecule has 0 radical (unpaired) electrons. The molecule has 1 saturated heterocycles. The van der Waals surface area contributed by atoms with E-state index in [1.807, 2.05) is 12.4 Å². The predicted octanol–water partition coefficient (Wildman–Crippen LogP) is 2.79. The summed E-state index contributed by atoms with van der Waals surface area (Å²) in [5.41, 5.74) is 1.41. The molecule has 0 spiro atoms. The van der Waals surface area contributed by atoms with Crippen LogP contribution in [-0.2, 0) is 11.3 Å². The predicted molar refractivity (Wildman–Crippen MR) is 93.3 cm³/mol. The van der Waals surface area contributed by atoms with Gasteiger partial charge in [0.05, 0.1) is 6.61 Å². The summed E-state index contributed by atoms with van der Waals surface area (Å²) in [4.78, 5) is 9.44. The average molecular weight is 317 g/mol. The second-order valence-corrected chi connectivity index (χ2v) is 7.15. The van der Waals surface area contributed by atoms with Crippen LogP contribution in [0.1, 0.15) is 37.7 Å². The lowest BCUT2D eigenvalue weighted by Crippen LogP contribution is -2.45. The molecule has 0 N–H and O–H groups in total. The maximum atomic E-state index is 5.20. The molecular formula is C19H31N3O. The number of ether oxygens (including phenoxy) is 1. The van der Waals surface area contributed by atoms with Gasteiger partial charge in [-0.15, -0.1) is 0 Å². The van der Waals surface area contributed by atoms with E-state index in [1.54, 1.807) is 7.11 Å². The van der Waals surface area contributed by atoms with Crippen molar-refractivity contribution in [2.45, 2.75) is 44.7 Å². The molecule has 1 aromatic rings. The molecule has 0 atom stereocenters. The second kappa shape index (κ2) is 8.76. The van der Waals surface area contributed by atoms with Gasteiger partial charge in [-0.2, -0.15) is 0 Å². The van der Waals surface area contributed by atoms with Crippen LogP contribution in [0, 0.1) is 5.92 Å². The topological polar surface area (TPSA) is 28.6 Å². The summed E-state index contributed by atoms with van der Waals surface area (Å²) in [6, 6.07) is 5.15. The number of methoxy groups -OCH3 is 1. The van der Waals surface area contributed by atoms with Crippen molar-refractivity contribution in [2.24, 2.45) is 5.92 Å². The zero-order valence-corrected chi connectivity index (χ0v) is 14.5. The zero-order chi connectivity index (χ0) is 15.9. The number of nitrogens with zero attached hydrogens (tertiary/aromatic N) is 3. The molecule has 2 fully saturated rings. The Morgan fingerprint density at radius 3 is 2.52 bits per heavy atom. The molecule has 0 aromatic carbocycles. The van der Waals surface area contributed by atoms with Crippen LogP contribution in [0.15, 0.2) is 24.5 Å². The Morgan fingerprint density at radius 2 is 1.91 bits per heavy atom. The van der Waals surface area contributed by atoms with Crippen LogP contribution in [0.4, 0.5) is 0 Å². The minimum absolute atomic E-state index is 0.815. The Kier molecular flexibility index (Phi) is 6.43. The van der Waals surface area contributed by atoms with E-state index in [0.717, 1.165) is 31.7 Å². The van der Waals surface area contributed by atoms with Gasteiger partial charge in [-0.25, -0.2) is 0 Å². The summed E-state index contributed by atoms with van der Waals surface area (Å²) in [5.74, 6) is 0.858. The van der Waals surface area contributed by atoms with E-state index in [4.69, 9.17) is 4.74 Å². The number of likely N-dealkylation sites (tertiary alicyclic amines) is 1. The quantitative estimate of drug-likeness (QED) is 0.737. The fraction of sp³-hybridized carbons (Fsp3) is 0.737. The van der Waals surface area contributed by atoms with Crippen molar-refractivity contribution in [3.8, 4) is 0 Å². The van der Waals surface area contributed by atoms with E-state index in [9.17, 15) is 0 Å². The normalized spacial score (nSPS) is 20.8. The van der Waals surface area contributed by atoms with Gasteiger partial charge in [-0.3, -0.25) is 9.88 Å². The summed E-state index contributed by atoms with van der Waals surface area (Å²) in [7, 11) is 1.79. The van der Waals surface area contributed by atoms with Crippen molar-refractivity contribution in [2.75, 3.05) is 39.9 Å². The lowest BCUT2D eigenvalue weighted by atomic mass is 9.88. The van der Waals surface area contributed by atoms with E-state index in [1.165, 1.54) is 57.3 Å². The maximum absolute atomic E-state index is 5.20. The molecular weight excluding hydrogens is 286 g/mol. The highest BCUT2D eigenvalue weighted by molar-refractivity contribution is 5.10. The largest absolute Gasteiger partial charge is 0.383 e. The smallest absolute Gasteiger partial charge is 0.0589 e. The minimum atomic E-state index is 0.815. The number of hydrogen-bond acceptors (Lipinski definition) is 4. The van der Waals surface area contributed by atoms with Crippen LogP contribution in [0.3, 0.4) is 0 Å². The molecule has 0 bridgehead atoms. The van der Waals surface area contributed by atoms with Gasteiger partial charge in [-0.05, 0) is 62.4 Å². The molecule has 1 aliphatic heterocycles. The van der Waals surface area contributed by atoms with Gasteiger partial charge in [0.2, 0.25) is 0 Å². The van der Waals surface area contributed by atoms with Crippen molar-refractivity contribution < 1.29 is 4.74 Å². The van der Waals surface area contributed by atoms with Gasteiger partial charge >= 0.3 is 0 Å². The highest BCUT2D eigenvalue weighted by Gasteiger charge is 2.28. The Bertz CT molecular complexity index is 441. The van der Waals surface area contributed by atoms with Gasteiger partial charge in [0.25, 0.3) is 0 Å². The lowest BCUT2D eigenvalue weighted by Gasteiger charge is -2.41. The summed E-state index contributed by atoms with van der Waals surface area (Å²) in [6.07, 6.45) is 10.7. The van der Waals surface area contributed by atoms with Gasteiger partial charge in [0.15, 0.2) is 0 Å². The average Bonchev–Trinajstić information content (AvgIpc) is 2.53. The molecule has 128 valence electrons. The third-order valence-electron chi connectivity index (χ3n) is 5.54. The van der Waals surface area contributed by atoms with Crippen LogP contribution in [0.2, 0.25) is 0 Å². The van der Waals surface area contributed by atoms with E-state index >= 15 is 0 Å². The Balaban J connectivity index is 1.49. The number of pyridine rings is 1. The first-order valence-corrected chi connectivity index (χ1v) is 9.19. The minimum Gasteiger partial charge on any atom is -0.383 e. The number of piperidine rings is 1. The van der Waals surface area contributed by atoms with Gasteiger partial charge < -0.3 is 9.64 Å². The van der Waals surface area contributed by atoms with Crippen molar-refractivity contribution in [1.29, 1.82) is 0 Å². The fourth-order valence-electron chi connectivity index (χ4n) is 3.76. The van der Waals surface area contributed by atoms with E-state index in [-0.39, 0.29) is 0 Å². The highest BCUT2D eigenvalue weighted by atomic mass is 16.5. The van der Waals surface area contributed by atoms with Crippen LogP contribution < -0.4 is 0 Å². The Morgan fingerprint density at radius 1 is 1.17 bits per heavy atom. The molecule has 1 saturated carbocycles. The third-order valence-corrected chi connectivity index (χ3v) is 5.54. The summed E-state index contributed by atoms with van der Waals surface area (Å²) < 4.78 is 5.20. The Hall–Kier alpha value is -0.970. The van der Waals surface area contributed by atoms with Crippen LogP contribution >= 0.6 is 0 Å². The first-order valence-electron chi connectivity index (χ1n) is 9.19. The summed E-state index contributed by atoms with van der Waals surface area (Å²) in [5, 5.41) is 0. The van der Waals surface area contributed by atoms with E-state index < -0.39 is 0 Å².